The lowest BCUT2D eigenvalue weighted by Gasteiger charge is -2.04. The van der Waals surface area contributed by atoms with Gasteiger partial charge >= 0.3 is 0 Å². The van der Waals surface area contributed by atoms with Crippen LogP contribution in [0, 0.1) is 6.92 Å². The normalized spacial score (nSPS) is 11.4. The highest BCUT2D eigenvalue weighted by Crippen LogP contribution is 2.17. The molecular weight excluding hydrogens is 272 g/mol. The summed E-state index contributed by atoms with van der Waals surface area (Å²) < 4.78 is 26.1. The fourth-order valence-electron chi connectivity index (χ4n) is 1.34. The number of nitrogen functional groups attached to an aromatic ring is 1. The van der Waals surface area contributed by atoms with Gasteiger partial charge in [0, 0.05) is 5.69 Å². The van der Waals surface area contributed by atoms with Crippen LogP contribution in [-0.2, 0) is 15.8 Å². The maximum Gasteiger partial charge on any atom is 0.238 e. The van der Waals surface area contributed by atoms with Crippen molar-refractivity contribution in [2.45, 2.75) is 12.7 Å². The molecule has 0 saturated heterocycles. The topological polar surface area (TPSA) is 98.0 Å². The molecule has 0 saturated carbocycles. The Labute approximate surface area is 109 Å². The van der Waals surface area contributed by atoms with Crippen molar-refractivity contribution in [2.75, 3.05) is 10.5 Å². The van der Waals surface area contributed by atoms with Crippen LogP contribution >= 0.6 is 11.3 Å². The molecule has 0 bridgehead atoms. The van der Waals surface area contributed by atoms with Gasteiger partial charge in [0.1, 0.15) is 5.01 Å². The van der Waals surface area contributed by atoms with E-state index in [0.29, 0.717) is 16.3 Å². The second-order valence-corrected chi connectivity index (χ2v) is 6.63. The van der Waals surface area contributed by atoms with E-state index in [2.05, 4.69) is 14.9 Å². The SMILES string of the molecule is Cc1nnc(NS(=O)(=O)Cc2ccc(N)cc2)s1. The van der Waals surface area contributed by atoms with E-state index in [-0.39, 0.29) is 10.9 Å². The summed E-state index contributed by atoms with van der Waals surface area (Å²) in [7, 11) is -3.47. The second-order valence-electron chi connectivity index (χ2n) is 3.73. The van der Waals surface area contributed by atoms with Crippen molar-refractivity contribution in [1.82, 2.24) is 10.2 Å². The number of aryl methyl sites for hydroxylation is 1. The van der Waals surface area contributed by atoms with Crippen LogP contribution < -0.4 is 10.5 Å². The minimum absolute atomic E-state index is 0.119. The number of anilines is 2. The van der Waals surface area contributed by atoms with Crippen LogP contribution in [0.4, 0.5) is 10.8 Å². The van der Waals surface area contributed by atoms with Crippen LogP contribution in [0.1, 0.15) is 10.6 Å². The Bertz CT molecular complexity index is 634. The van der Waals surface area contributed by atoms with Gasteiger partial charge in [0.25, 0.3) is 0 Å². The summed E-state index contributed by atoms with van der Waals surface area (Å²) in [5.41, 5.74) is 6.80. The molecule has 1 aromatic carbocycles. The van der Waals surface area contributed by atoms with E-state index in [1.807, 2.05) is 0 Å². The van der Waals surface area contributed by atoms with Gasteiger partial charge in [0.05, 0.1) is 5.75 Å². The van der Waals surface area contributed by atoms with Crippen molar-refractivity contribution in [3.05, 3.63) is 34.8 Å². The molecule has 0 aliphatic carbocycles. The fourth-order valence-corrected chi connectivity index (χ4v) is 3.34. The largest absolute Gasteiger partial charge is 0.399 e. The van der Waals surface area contributed by atoms with Crippen molar-refractivity contribution < 1.29 is 8.42 Å². The summed E-state index contributed by atoms with van der Waals surface area (Å²) in [5.74, 6) is -0.119. The van der Waals surface area contributed by atoms with Gasteiger partial charge in [0.2, 0.25) is 15.2 Å². The lowest BCUT2D eigenvalue weighted by molar-refractivity contribution is 0.600. The van der Waals surface area contributed by atoms with E-state index in [1.54, 1.807) is 31.2 Å². The Morgan fingerprint density at radius 2 is 1.94 bits per heavy atom. The molecule has 6 nitrogen and oxygen atoms in total. The third kappa shape index (κ3) is 3.41. The molecule has 2 rings (SSSR count). The van der Waals surface area contributed by atoms with Crippen molar-refractivity contribution in [2.24, 2.45) is 0 Å². The third-order valence-corrected chi connectivity index (χ3v) is 4.21. The van der Waals surface area contributed by atoms with Crippen molar-refractivity contribution in [1.29, 1.82) is 0 Å². The van der Waals surface area contributed by atoms with Gasteiger partial charge in [-0.15, -0.1) is 10.2 Å². The van der Waals surface area contributed by atoms with Gasteiger partial charge in [-0.3, -0.25) is 4.72 Å². The van der Waals surface area contributed by atoms with Crippen LogP contribution in [-0.4, -0.2) is 18.6 Å². The molecule has 0 aliphatic heterocycles. The first-order valence-electron chi connectivity index (χ1n) is 5.10. The number of benzene rings is 1. The highest BCUT2D eigenvalue weighted by Gasteiger charge is 2.14. The molecule has 3 N–H and O–H groups in total. The predicted octanol–water partition coefficient (Wildman–Crippen LogP) is 1.37. The number of nitrogens with two attached hydrogens (primary N) is 1. The molecule has 8 heteroatoms. The Kier molecular flexibility index (Phi) is 3.48. The van der Waals surface area contributed by atoms with Gasteiger partial charge < -0.3 is 5.73 Å². The zero-order chi connectivity index (χ0) is 13.2. The zero-order valence-electron chi connectivity index (χ0n) is 9.62. The van der Waals surface area contributed by atoms with E-state index in [4.69, 9.17) is 5.73 Å². The first-order chi connectivity index (χ1) is 8.44. The van der Waals surface area contributed by atoms with E-state index in [1.165, 1.54) is 11.3 Å². The lowest BCUT2D eigenvalue weighted by Crippen LogP contribution is -2.14. The van der Waals surface area contributed by atoms with Crippen molar-refractivity contribution >= 4 is 32.2 Å². The Morgan fingerprint density at radius 3 is 2.50 bits per heavy atom. The van der Waals surface area contributed by atoms with Crippen LogP contribution in [0.15, 0.2) is 24.3 Å². The van der Waals surface area contributed by atoms with E-state index in [9.17, 15) is 8.42 Å². The van der Waals surface area contributed by atoms with Crippen LogP contribution in [0.5, 0.6) is 0 Å². The number of hydrogen-bond donors (Lipinski definition) is 2. The Hall–Kier alpha value is -1.67. The van der Waals surface area contributed by atoms with Crippen LogP contribution in [0.3, 0.4) is 0 Å². The van der Waals surface area contributed by atoms with E-state index >= 15 is 0 Å². The van der Waals surface area contributed by atoms with Gasteiger partial charge in [-0.1, -0.05) is 23.5 Å². The zero-order valence-corrected chi connectivity index (χ0v) is 11.3. The van der Waals surface area contributed by atoms with Crippen molar-refractivity contribution in [3.63, 3.8) is 0 Å². The fraction of sp³-hybridized carbons (Fsp3) is 0.200. The van der Waals surface area contributed by atoms with Gasteiger partial charge in [-0.2, -0.15) is 0 Å². The summed E-state index contributed by atoms with van der Waals surface area (Å²) in [4.78, 5) is 0. The van der Waals surface area contributed by atoms with E-state index < -0.39 is 10.0 Å². The summed E-state index contributed by atoms with van der Waals surface area (Å²) in [6, 6.07) is 6.69. The molecule has 0 aliphatic rings. The molecule has 1 heterocycles. The number of nitrogens with one attached hydrogen (secondary N) is 1. The summed E-state index contributed by atoms with van der Waals surface area (Å²) in [6.07, 6.45) is 0. The molecule has 0 fully saturated rings. The maximum absolute atomic E-state index is 11.9. The molecule has 2 aromatic rings. The molecule has 0 spiro atoms. The minimum Gasteiger partial charge on any atom is -0.399 e. The molecule has 0 atom stereocenters. The molecule has 0 unspecified atom stereocenters. The number of sulfonamides is 1. The first kappa shape index (κ1) is 12.8. The Morgan fingerprint density at radius 1 is 1.28 bits per heavy atom. The third-order valence-electron chi connectivity index (χ3n) is 2.11. The van der Waals surface area contributed by atoms with Crippen LogP contribution in [0.2, 0.25) is 0 Å². The molecule has 96 valence electrons. The summed E-state index contributed by atoms with van der Waals surface area (Å²) in [5, 5.41) is 8.45. The molecule has 1 aromatic heterocycles. The summed E-state index contributed by atoms with van der Waals surface area (Å²) >= 11 is 1.20. The van der Waals surface area contributed by atoms with E-state index in [0.717, 1.165) is 0 Å². The maximum atomic E-state index is 11.9. The van der Waals surface area contributed by atoms with Gasteiger partial charge in [0.15, 0.2) is 0 Å². The summed E-state index contributed by atoms with van der Waals surface area (Å²) in [6.45, 7) is 1.76. The number of rotatable bonds is 4. The second kappa shape index (κ2) is 4.91. The first-order valence-corrected chi connectivity index (χ1v) is 7.56. The van der Waals surface area contributed by atoms with Gasteiger partial charge in [-0.25, -0.2) is 8.42 Å². The highest BCUT2D eigenvalue weighted by atomic mass is 32.2. The number of aromatic nitrogens is 2. The van der Waals surface area contributed by atoms with Crippen molar-refractivity contribution in [3.8, 4) is 0 Å². The standard InChI is InChI=1S/C10H12N4O2S2/c1-7-12-13-10(17-7)14-18(15,16)6-8-2-4-9(11)5-3-8/h2-5H,6,11H2,1H3,(H,13,14). The highest BCUT2D eigenvalue weighted by molar-refractivity contribution is 7.92. The van der Waals surface area contributed by atoms with Crippen LogP contribution in [0.25, 0.3) is 0 Å². The quantitative estimate of drug-likeness (QED) is 0.826. The predicted molar refractivity (Wildman–Crippen MR) is 71.7 cm³/mol. The Balaban J connectivity index is 2.10. The molecule has 18 heavy (non-hydrogen) atoms. The minimum atomic E-state index is -3.47. The molecule has 0 radical (unpaired) electrons. The average molecular weight is 284 g/mol. The lowest BCUT2D eigenvalue weighted by atomic mass is 10.2. The molecular formula is C10H12N4O2S2. The molecule has 0 amide bonds. The monoisotopic (exact) mass is 284 g/mol. The number of hydrogen-bond acceptors (Lipinski definition) is 6. The average Bonchev–Trinajstić information content (AvgIpc) is 2.66. The smallest absolute Gasteiger partial charge is 0.238 e. The number of nitrogens with zero attached hydrogens (tertiary/aromatic N) is 2. The van der Waals surface area contributed by atoms with Gasteiger partial charge in [-0.05, 0) is 24.6 Å².